The van der Waals surface area contributed by atoms with Gasteiger partial charge in [-0.3, -0.25) is 0 Å². The molecule has 1 unspecified atom stereocenters. The maximum absolute atomic E-state index is 3.45. The lowest BCUT2D eigenvalue weighted by atomic mass is 9.94. The zero-order valence-electron chi connectivity index (χ0n) is 11.3. The Kier molecular flexibility index (Phi) is 4.03. The zero-order valence-corrected chi connectivity index (χ0v) is 13.5. The summed E-state index contributed by atoms with van der Waals surface area (Å²) >= 11 is 2.36. The molecule has 0 bridgehead atoms. The van der Waals surface area contributed by atoms with Crippen molar-refractivity contribution >= 4 is 33.4 Å². The van der Waals surface area contributed by atoms with Crippen molar-refractivity contribution < 1.29 is 0 Å². The van der Waals surface area contributed by atoms with Gasteiger partial charge in [-0.2, -0.15) is 0 Å². The van der Waals surface area contributed by atoms with E-state index >= 15 is 0 Å². The monoisotopic (exact) mass is 373 g/mol. The van der Waals surface area contributed by atoms with E-state index in [1.54, 1.807) is 0 Å². The molecule has 100 valence electrons. The molecule has 2 heteroatoms. The Morgan fingerprint density at radius 3 is 2.45 bits per heavy atom. The molecule has 0 aliphatic rings. The van der Waals surface area contributed by atoms with Crippen molar-refractivity contribution in [3.05, 3.63) is 81.4 Å². The van der Waals surface area contributed by atoms with Crippen molar-refractivity contribution in [1.82, 2.24) is 5.32 Å². The quantitative estimate of drug-likeness (QED) is 0.654. The van der Waals surface area contributed by atoms with E-state index in [0.717, 1.165) is 0 Å². The van der Waals surface area contributed by atoms with Gasteiger partial charge in [-0.05, 0) is 63.7 Å². The van der Waals surface area contributed by atoms with Gasteiger partial charge in [0.15, 0.2) is 0 Å². The minimum absolute atomic E-state index is 0.218. The highest BCUT2D eigenvalue weighted by molar-refractivity contribution is 14.1. The Bertz CT molecular complexity index is 731. The molecule has 0 aliphatic heterocycles. The van der Waals surface area contributed by atoms with Crippen molar-refractivity contribution in [3.63, 3.8) is 0 Å². The minimum Gasteiger partial charge on any atom is -0.309 e. The van der Waals surface area contributed by atoms with Gasteiger partial charge in [0.1, 0.15) is 0 Å². The standard InChI is InChI=1S/C18H16IN/c1-20-18(14-8-4-9-15(19)12-14)17-11-5-7-13-6-2-3-10-16(13)17/h2-12,18,20H,1H3. The molecule has 0 heterocycles. The van der Waals surface area contributed by atoms with Gasteiger partial charge in [0.05, 0.1) is 6.04 Å². The van der Waals surface area contributed by atoms with Gasteiger partial charge in [-0.25, -0.2) is 0 Å². The molecule has 0 saturated carbocycles. The summed E-state index contributed by atoms with van der Waals surface area (Å²) in [5, 5.41) is 6.05. The fraction of sp³-hybridized carbons (Fsp3) is 0.111. The lowest BCUT2D eigenvalue weighted by molar-refractivity contribution is 0.696. The predicted molar refractivity (Wildman–Crippen MR) is 94.0 cm³/mol. The second-order valence-corrected chi connectivity index (χ2v) is 6.09. The van der Waals surface area contributed by atoms with E-state index in [4.69, 9.17) is 0 Å². The van der Waals surface area contributed by atoms with Crippen LogP contribution in [-0.2, 0) is 0 Å². The Balaban J connectivity index is 2.17. The molecule has 3 aromatic carbocycles. The van der Waals surface area contributed by atoms with Gasteiger partial charge in [-0.15, -0.1) is 0 Å². The molecule has 0 spiro atoms. The van der Waals surface area contributed by atoms with Crippen LogP contribution in [0.2, 0.25) is 0 Å². The summed E-state index contributed by atoms with van der Waals surface area (Å²) < 4.78 is 1.26. The normalized spacial score (nSPS) is 12.5. The van der Waals surface area contributed by atoms with Crippen molar-refractivity contribution in [2.75, 3.05) is 7.05 Å². The van der Waals surface area contributed by atoms with Crippen LogP contribution >= 0.6 is 22.6 Å². The molecule has 3 rings (SSSR count). The van der Waals surface area contributed by atoms with Crippen LogP contribution in [0.15, 0.2) is 66.7 Å². The lowest BCUT2D eigenvalue weighted by Gasteiger charge is -2.19. The smallest absolute Gasteiger partial charge is 0.0580 e. The van der Waals surface area contributed by atoms with Crippen LogP contribution in [-0.4, -0.2) is 7.05 Å². The Morgan fingerprint density at radius 1 is 0.900 bits per heavy atom. The highest BCUT2D eigenvalue weighted by Gasteiger charge is 2.14. The maximum atomic E-state index is 3.45. The third-order valence-electron chi connectivity index (χ3n) is 3.61. The average molecular weight is 373 g/mol. The van der Waals surface area contributed by atoms with E-state index in [-0.39, 0.29) is 6.04 Å². The molecule has 0 aromatic heterocycles. The number of nitrogens with one attached hydrogen (secondary N) is 1. The summed E-state index contributed by atoms with van der Waals surface area (Å²) in [6.45, 7) is 0. The second kappa shape index (κ2) is 5.94. The van der Waals surface area contributed by atoms with Gasteiger partial charge in [-0.1, -0.05) is 54.6 Å². The molecule has 0 saturated heterocycles. The highest BCUT2D eigenvalue weighted by Crippen LogP contribution is 2.29. The molecular formula is C18H16IN. The summed E-state index contributed by atoms with van der Waals surface area (Å²) in [6, 6.07) is 24.0. The Labute approximate surface area is 133 Å². The maximum Gasteiger partial charge on any atom is 0.0580 e. The number of fused-ring (bicyclic) bond motifs is 1. The van der Waals surface area contributed by atoms with Gasteiger partial charge < -0.3 is 5.32 Å². The first kappa shape index (κ1) is 13.6. The lowest BCUT2D eigenvalue weighted by Crippen LogP contribution is -2.18. The molecule has 20 heavy (non-hydrogen) atoms. The van der Waals surface area contributed by atoms with E-state index in [9.17, 15) is 0 Å². The van der Waals surface area contributed by atoms with Crippen molar-refractivity contribution in [2.24, 2.45) is 0 Å². The predicted octanol–water partition coefficient (Wildman–Crippen LogP) is 4.75. The molecule has 0 fully saturated rings. The van der Waals surface area contributed by atoms with Crippen molar-refractivity contribution in [3.8, 4) is 0 Å². The fourth-order valence-corrected chi connectivity index (χ4v) is 3.26. The summed E-state index contributed by atoms with van der Waals surface area (Å²) in [4.78, 5) is 0. The molecule has 0 amide bonds. The SMILES string of the molecule is CNC(c1cccc(I)c1)c1cccc2ccccc12. The van der Waals surface area contributed by atoms with Crippen molar-refractivity contribution in [1.29, 1.82) is 0 Å². The summed E-state index contributed by atoms with van der Waals surface area (Å²) in [6.07, 6.45) is 0. The van der Waals surface area contributed by atoms with Crippen molar-refractivity contribution in [2.45, 2.75) is 6.04 Å². The molecular weight excluding hydrogens is 357 g/mol. The Morgan fingerprint density at radius 2 is 1.65 bits per heavy atom. The largest absolute Gasteiger partial charge is 0.309 e. The summed E-state index contributed by atoms with van der Waals surface area (Å²) in [7, 11) is 2.02. The number of rotatable bonds is 3. The van der Waals surface area contributed by atoms with E-state index < -0.39 is 0 Å². The van der Waals surface area contributed by atoms with Gasteiger partial charge in [0.2, 0.25) is 0 Å². The van der Waals surface area contributed by atoms with Crippen LogP contribution in [0.25, 0.3) is 10.8 Å². The van der Waals surface area contributed by atoms with Crippen LogP contribution in [0.5, 0.6) is 0 Å². The first-order chi connectivity index (χ1) is 9.79. The number of hydrogen-bond acceptors (Lipinski definition) is 1. The number of benzene rings is 3. The van der Waals surface area contributed by atoms with Gasteiger partial charge in [0.25, 0.3) is 0 Å². The number of halogens is 1. The molecule has 3 aromatic rings. The third kappa shape index (κ3) is 2.58. The topological polar surface area (TPSA) is 12.0 Å². The summed E-state index contributed by atoms with van der Waals surface area (Å²) in [5.74, 6) is 0. The molecule has 1 N–H and O–H groups in total. The highest BCUT2D eigenvalue weighted by atomic mass is 127. The van der Waals surface area contributed by atoms with E-state index in [1.807, 2.05) is 7.05 Å². The van der Waals surface area contributed by atoms with Crippen LogP contribution in [0.1, 0.15) is 17.2 Å². The van der Waals surface area contributed by atoms with E-state index in [2.05, 4.69) is 94.6 Å². The van der Waals surface area contributed by atoms with Gasteiger partial charge in [0, 0.05) is 3.57 Å². The first-order valence-electron chi connectivity index (χ1n) is 6.70. The van der Waals surface area contributed by atoms with Crippen LogP contribution < -0.4 is 5.32 Å². The third-order valence-corrected chi connectivity index (χ3v) is 4.28. The zero-order chi connectivity index (χ0) is 13.9. The fourth-order valence-electron chi connectivity index (χ4n) is 2.69. The Hall–Kier alpha value is -1.39. The molecule has 0 radical (unpaired) electrons. The molecule has 1 nitrogen and oxygen atoms in total. The van der Waals surface area contributed by atoms with E-state index in [1.165, 1.54) is 25.5 Å². The van der Waals surface area contributed by atoms with Crippen LogP contribution in [0.3, 0.4) is 0 Å². The first-order valence-corrected chi connectivity index (χ1v) is 7.78. The molecule has 0 aliphatic carbocycles. The average Bonchev–Trinajstić information content (AvgIpc) is 2.48. The second-order valence-electron chi connectivity index (χ2n) is 4.85. The van der Waals surface area contributed by atoms with Crippen LogP contribution in [0, 0.1) is 3.57 Å². The minimum atomic E-state index is 0.218. The molecule has 1 atom stereocenters. The van der Waals surface area contributed by atoms with Crippen LogP contribution in [0.4, 0.5) is 0 Å². The summed E-state index contributed by atoms with van der Waals surface area (Å²) in [5.41, 5.74) is 2.63. The number of hydrogen-bond donors (Lipinski definition) is 1. The van der Waals surface area contributed by atoms with Gasteiger partial charge >= 0.3 is 0 Å². The van der Waals surface area contributed by atoms with E-state index in [0.29, 0.717) is 0 Å².